The van der Waals surface area contributed by atoms with Gasteiger partial charge < -0.3 is 20.1 Å². The average Bonchev–Trinajstić information content (AvgIpc) is 2.47. The molecular formula is C14H27ClN2O3. The number of halogens is 1. The topological polar surface area (TPSA) is 59.6 Å². The minimum absolute atomic E-state index is 0. The number of hydrogen-bond acceptors (Lipinski definition) is 4. The Balaban J connectivity index is 0.00000200. The molecule has 0 aliphatic carbocycles. The molecule has 0 aromatic heterocycles. The predicted molar refractivity (Wildman–Crippen MR) is 80.3 cm³/mol. The van der Waals surface area contributed by atoms with Crippen LogP contribution in [-0.4, -0.2) is 52.0 Å². The molecule has 0 saturated carbocycles. The fourth-order valence-corrected chi connectivity index (χ4v) is 2.98. The number of ether oxygens (including phenoxy) is 2. The molecule has 1 atom stereocenters. The van der Waals surface area contributed by atoms with Crippen LogP contribution in [0.2, 0.25) is 0 Å². The third-order valence-corrected chi connectivity index (χ3v) is 4.23. The van der Waals surface area contributed by atoms with Crippen molar-refractivity contribution in [3.8, 4) is 0 Å². The van der Waals surface area contributed by atoms with Crippen LogP contribution in [0.25, 0.3) is 0 Å². The highest BCUT2D eigenvalue weighted by Gasteiger charge is 2.39. The number of rotatable bonds is 5. The first-order valence-electron chi connectivity index (χ1n) is 7.36. The molecule has 2 saturated heterocycles. The molecule has 1 amide bonds. The number of nitrogens with one attached hydrogen (secondary N) is 2. The van der Waals surface area contributed by atoms with Gasteiger partial charge in [0.05, 0.1) is 18.1 Å². The summed E-state index contributed by atoms with van der Waals surface area (Å²) < 4.78 is 10.9. The molecule has 0 radical (unpaired) electrons. The van der Waals surface area contributed by atoms with Gasteiger partial charge in [-0.1, -0.05) is 0 Å². The minimum atomic E-state index is -0.353. The van der Waals surface area contributed by atoms with Crippen LogP contribution in [0.15, 0.2) is 0 Å². The van der Waals surface area contributed by atoms with E-state index in [-0.39, 0.29) is 29.8 Å². The average molecular weight is 307 g/mol. The lowest BCUT2D eigenvalue weighted by Crippen LogP contribution is -2.51. The van der Waals surface area contributed by atoms with Crippen LogP contribution in [0.3, 0.4) is 0 Å². The third kappa shape index (κ3) is 4.58. The van der Waals surface area contributed by atoms with E-state index in [1.54, 1.807) is 7.11 Å². The maximum absolute atomic E-state index is 12.5. The van der Waals surface area contributed by atoms with Crippen LogP contribution in [0.5, 0.6) is 0 Å². The Bertz CT molecular complexity index is 285. The largest absolute Gasteiger partial charge is 0.384 e. The van der Waals surface area contributed by atoms with Crippen LogP contribution < -0.4 is 10.6 Å². The first-order chi connectivity index (χ1) is 9.27. The summed E-state index contributed by atoms with van der Waals surface area (Å²) in [6, 6.07) is 0. The SMILES string of the molecule is COCC1(C(=O)NCC2CCCCO2)CCNCC1.Cl. The Kier molecular flexibility index (Phi) is 7.80. The van der Waals surface area contributed by atoms with Crippen LogP contribution in [-0.2, 0) is 14.3 Å². The van der Waals surface area contributed by atoms with E-state index in [1.165, 1.54) is 6.42 Å². The molecular weight excluding hydrogens is 280 g/mol. The number of carbonyl (C=O) groups excluding carboxylic acids is 1. The molecule has 2 aliphatic heterocycles. The molecule has 2 heterocycles. The standard InChI is InChI=1S/C14H26N2O3.ClH/c1-18-11-14(5-7-15-8-6-14)13(17)16-10-12-4-2-3-9-19-12;/h12,15H,2-11H2,1H3,(H,16,17);1H. The van der Waals surface area contributed by atoms with Gasteiger partial charge >= 0.3 is 0 Å². The van der Waals surface area contributed by atoms with E-state index in [9.17, 15) is 4.79 Å². The molecule has 0 bridgehead atoms. The summed E-state index contributed by atoms with van der Waals surface area (Å²) in [6.45, 7) is 3.74. The zero-order chi connectivity index (χ0) is 13.6. The van der Waals surface area contributed by atoms with Crippen LogP contribution in [0.4, 0.5) is 0 Å². The maximum Gasteiger partial charge on any atom is 0.228 e. The molecule has 2 rings (SSSR count). The highest BCUT2D eigenvalue weighted by Crippen LogP contribution is 2.29. The second-order valence-electron chi connectivity index (χ2n) is 5.66. The molecule has 20 heavy (non-hydrogen) atoms. The van der Waals surface area contributed by atoms with E-state index >= 15 is 0 Å². The second-order valence-corrected chi connectivity index (χ2v) is 5.66. The van der Waals surface area contributed by atoms with Gasteiger partial charge in [0.25, 0.3) is 0 Å². The van der Waals surface area contributed by atoms with Crippen molar-refractivity contribution in [1.29, 1.82) is 0 Å². The van der Waals surface area contributed by atoms with Crippen LogP contribution in [0, 0.1) is 5.41 Å². The number of amides is 1. The second kappa shape index (κ2) is 8.82. The first-order valence-corrected chi connectivity index (χ1v) is 7.36. The highest BCUT2D eigenvalue weighted by atomic mass is 35.5. The quantitative estimate of drug-likeness (QED) is 0.799. The summed E-state index contributed by atoms with van der Waals surface area (Å²) in [5.74, 6) is 0.130. The molecule has 2 fully saturated rings. The fraction of sp³-hybridized carbons (Fsp3) is 0.929. The van der Waals surface area contributed by atoms with Crippen molar-refractivity contribution >= 4 is 18.3 Å². The number of piperidine rings is 1. The molecule has 2 aliphatic rings. The van der Waals surface area contributed by atoms with E-state index < -0.39 is 0 Å². The lowest BCUT2D eigenvalue weighted by molar-refractivity contribution is -0.137. The van der Waals surface area contributed by atoms with Crippen LogP contribution >= 0.6 is 12.4 Å². The van der Waals surface area contributed by atoms with Crippen molar-refractivity contribution in [3.05, 3.63) is 0 Å². The summed E-state index contributed by atoms with van der Waals surface area (Å²) in [4.78, 5) is 12.5. The Labute approximate surface area is 127 Å². The lowest BCUT2D eigenvalue weighted by atomic mass is 9.78. The van der Waals surface area contributed by atoms with E-state index in [2.05, 4.69) is 10.6 Å². The smallest absolute Gasteiger partial charge is 0.228 e. The molecule has 5 nitrogen and oxygen atoms in total. The first kappa shape index (κ1) is 17.7. The van der Waals surface area contributed by atoms with Crippen molar-refractivity contribution < 1.29 is 14.3 Å². The predicted octanol–water partition coefficient (Wildman–Crippen LogP) is 1.11. The van der Waals surface area contributed by atoms with E-state index in [0.29, 0.717) is 13.2 Å². The Morgan fingerprint density at radius 1 is 1.40 bits per heavy atom. The summed E-state index contributed by atoms with van der Waals surface area (Å²) in [5.41, 5.74) is -0.353. The van der Waals surface area contributed by atoms with Crippen molar-refractivity contribution in [3.63, 3.8) is 0 Å². The Morgan fingerprint density at radius 2 is 2.15 bits per heavy atom. The van der Waals surface area contributed by atoms with Gasteiger partial charge in [-0.3, -0.25) is 4.79 Å². The maximum atomic E-state index is 12.5. The number of methoxy groups -OCH3 is 1. The van der Waals surface area contributed by atoms with E-state index in [0.717, 1.165) is 45.4 Å². The molecule has 0 aromatic carbocycles. The lowest BCUT2D eigenvalue weighted by Gasteiger charge is -2.36. The highest BCUT2D eigenvalue weighted by molar-refractivity contribution is 5.85. The minimum Gasteiger partial charge on any atom is -0.384 e. The number of carbonyl (C=O) groups is 1. The summed E-state index contributed by atoms with van der Waals surface area (Å²) >= 11 is 0. The van der Waals surface area contributed by atoms with Gasteiger partial charge in [-0.2, -0.15) is 0 Å². The summed E-state index contributed by atoms with van der Waals surface area (Å²) in [7, 11) is 1.67. The van der Waals surface area contributed by atoms with Gasteiger partial charge in [0, 0.05) is 20.3 Å². The van der Waals surface area contributed by atoms with Gasteiger partial charge in [0.1, 0.15) is 0 Å². The van der Waals surface area contributed by atoms with Crippen molar-refractivity contribution in [2.75, 3.05) is 40.0 Å². The molecule has 2 N–H and O–H groups in total. The van der Waals surface area contributed by atoms with Crippen molar-refractivity contribution in [1.82, 2.24) is 10.6 Å². The molecule has 1 unspecified atom stereocenters. The summed E-state index contributed by atoms with van der Waals surface area (Å²) in [6.07, 6.45) is 5.28. The Hall–Kier alpha value is -0.360. The Morgan fingerprint density at radius 3 is 2.75 bits per heavy atom. The molecule has 118 valence electrons. The van der Waals surface area contributed by atoms with Crippen molar-refractivity contribution in [2.45, 2.75) is 38.2 Å². The third-order valence-electron chi connectivity index (χ3n) is 4.23. The molecule has 6 heteroatoms. The summed E-state index contributed by atoms with van der Waals surface area (Å²) in [5, 5.41) is 6.37. The van der Waals surface area contributed by atoms with Gasteiger partial charge in [-0.25, -0.2) is 0 Å². The van der Waals surface area contributed by atoms with Gasteiger partial charge in [0.15, 0.2) is 0 Å². The zero-order valence-corrected chi connectivity index (χ0v) is 13.1. The van der Waals surface area contributed by atoms with E-state index in [4.69, 9.17) is 9.47 Å². The zero-order valence-electron chi connectivity index (χ0n) is 12.3. The molecule has 0 aromatic rings. The fourth-order valence-electron chi connectivity index (χ4n) is 2.98. The molecule has 0 spiro atoms. The van der Waals surface area contributed by atoms with E-state index in [1.807, 2.05) is 0 Å². The van der Waals surface area contributed by atoms with Gasteiger partial charge in [0.2, 0.25) is 5.91 Å². The normalized spacial score (nSPS) is 25.6. The monoisotopic (exact) mass is 306 g/mol. The van der Waals surface area contributed by atoms with Gasteiger partial charge in [-0.15, -0.1) is 12.4 Å². The van der Waals surface area contributed by atoms with Crippen LogP contribution in [0.1, 0.15) is 32.1 Å². The van der Waals surface area contributed by atoms with Gasteiger partial charge in [-0.05, 0) is 45.2 Å². The van der Waals surface area contributed by atoms with Crippen molar-refractivity contribution in [2.24, 2.45) is 5.41 Å². The number of hydrogen-bond donors (Lipinski definition) is 2.